The van der Waals surface area contributed by atoms with E-state index in [2.05, 4.69) is 10.9 Å². The van der Waals surface area contributed by atoms with Gasteiger partial charge in [-0.05, 0) is 24.3 Å². The van der Waals surface area contributed by atoms with Crippen molar-refractivity contribution in [2.75, 3.05) is 13.1 Å². The van der Waals surface area contributed by atoms with E-state index in [1.165, 1.54) is 34.6 Å². The zero-order chi connectivity index (χ0) is 22.5. The molecule has 12 heteroatoms. The molecule has 2 amide bonds. The summed E-state index contributed by atoms with van der Waals surface area (Å²) < 4.78 is 26.5. The molecule has 0 unspecified atom stereocenters. The molecule has 160 valence electrons. The molecule has 0 radical (unpaired) electrons. The van der Waals surface area contributed by atoms with Gasteiger partial charge in [-0.2, -0.15) is 4.31 Å². The second-order valence-electron chi connectivity index (χ2n) is 5.95. The van der Waals surface area contributed by atoms with Gasteiger partial charge in [0.1, 0.15) is 0 Å². The standard InChI is InChI=1S/C18H19ClN4O6S/c1-3-22(4-2)30(28,29)14-8-9-16(19)15(11-14)18(25)21-20-17(24)12-6-5-7-13(10-12)23(26)27/h5-11H,3-4H2,1-2H3,(H,20,24)(H,21,25). The van der Waals surface area contributed by atoms with Gasteiger partial charge in [-0.25, -0.2) is 8.42 Å². The van der Waals surface area contributed by atoms with Crippen LogP contribution in [0.1, 0.15) is 34.6 Å². The summed E-state index contributed by atoms with van der Waals surface area (Å²) in [5, 5.41) is 10.8. The van der Waals surface area contributed by atoms with E-state index in [1.807, 2.05) is 0 Å². The molecule has 2 rings (SSSR count). The number of amides is 2. The topological polar surface area (TPSA) is 139 Å². The zero-order valence-electron chi connectivity index (χ0n) is 16.1. The van der Waals surface area contributed by atoms with Gasteiger partial charge in [0.05, 0.1) is 20.4 Å². The van der Waals surface area contributed by atoms with E-state index in [-0.39, 0.29) is 39.8 Å². The molecular formula is C18H19ClN4O6S. The van der Waals surface area contributed by atoms with Crippen molar-refractivity contribution < 1.29 is 22.9 Å². The highest BCUT2D eigenvalue weighted by Crippen LogP contribution is 2.23. The third kappa shape index (κ3) is 5.12. The van der Waals surface area contributed by atoms with Crippen LogP contribution in [0, 0.1) is 10.1 Å². The Kier molecular flexibility index (Phi) is 7.48. The molecule has 0 saturated heterocycles. The van der Waals surface area contributed by atoms with Crippen molar-refractivity contribution in [1.82, 2.24) is 15.2 Å². The van der Waals surface area contributed by atoms with Crippen molar-refractivity contribution in [1.29, 1.82) is 0 Å². The highest BCUT2D eigenvalue weighted by atomic mass is 35.5. The molecular weight excluding hydrogens is 436 g/mol. The number of hydrogen-bond donors (Lipinski definition) is 2. The van der Waals surface area contributed by atoms with Crippen molar-refractivity contribution in [2.45, 2.75) is 18.7 Å². The van der Waals surface area contributed by atoms with E-state index < -0.39 is 26.8 Å². The molecule has 2 N–H and O–H groups in total. The van der Waals surface area contributed by atoms with E-state index in [0.29, 0.717) is 0 Å². The Balaban J connectivity index is 2.20. The molecule has 0 bridgehead atoms. The van der Waals surface area contributed by atoms with E-state index in [1.54, 1.807) is 13.8 Å². The van der Waals surface area contributed by atoms with Gasteiger partial charge in [0.2, 0.25) is 10.0 Å². The largest absolute Gasteiger partial charge is 0.271 e. The summed E-state index contributed by atoms with van der Waals surface area (Å²) >= 11 is 6.02. The minimum absolute atomic E-state index is 0.0180. The molecule has 0 aromatic heterocycles. The normalized spacial score (nSPS) is 11.2. The molecule has 0 saturated carbocycles. The lowest BCUT2D eigenvalue weighted by molar-refractivity contribution is -0.384. The summed E-state index contributed by atoms with van der Waals surface area (Å²) in [5.41, 5.74) is 3.74. The van der Waals surface area contributed by atoms with Gasteiger partial charge in [-0.15, -0.1) is 0 Å². The Labute approximate surface area is 178 Å². The number of hydrogen-bond acceptors (Lipinski definition) is 6. The van der Waals surface area contributed by atoms with Crippen LogP contribution in [0.25, 0.3) is 0 Å². The van der Waals surface area contributed by atoms with Gasteiger partial charge >= 0.3 is 0 Å². The number of rotatable bonds is 7. The number of nitrogens with zero attached hydrogens (tertiary/aromatic N) is 2. The zero-order valence-corrected chi connectivity index (χ0v) is 17.7. The molecule has 2 aromatic carbocycles. The van der Waals surface area contributed by atoms with Gasteiger partial charge in [0.15, 0.2) is 0 Å². The molecule has 0 atom stereocenters. The lowest BCUT2D eigenvalue weighted by Gasteiger charge is -2.19. The van der Waals surface area contributed by atoms with Crippen molar-refractivity contribution in [3.05, 3.63) is 68.7 Å². The summed E-state index contributed by atoms with van der Waals surface area (Å²) in [6.45, 7) is 3.88. The fraction of sp³-hybridized carbons (Fsp3) is 0.222. The molecule has 2 aromatic rings. The summed E-state index contributed by atoms with van der Waals surface area (Å²) in [4.78, 5) is 34.6. The first-order chi connectivity index (χ1) is 14.1. The maximum absolute atomic E-state index is 12.6. The SMILES string of the molecule is CCN(CC)S(=O)(=O)c1ccc(Cl)c(C(=O)NNC(=O)c2cccc([N+](=O)[O-])c2)c1. The number of nitro groups is 1. The van der Waals surface area contributed by atoms with Crippen molar-refractivity contribution in [3.63, 3.8) is 0 Å². The Morgan fingerprint density at radius 3 is 2.30 bits per heavy atom. The van der Waals surface area contributed by atoms with Crippen LogP contribution in [0.15, 0.2) is 47.4 Å². The lowest BCUT2D eigenvalue weighted by Crippen LogP contribution is -2.41. The van der Waals surface area contributed by atoms with Crippen LogP contribution in [0.3, 0.4) is 0 Å². The molecule has 10 nitrogen and oxygen atoms in total. The quantitative estimate of drug-likeness (QED) is 0.486. The molecule has 0 aliphatic carbocycles. The predicted octanol–water partition coefficient (Wildman–Crippen LogP) is 2.35. The second kappa shape index (κ2) is 9.65. The minimum Gasteiger partial charge on any atom is -0.267 e. The van der Waals surface area contributed by atoms with Crippen LogP contribution in [0.5, 0.6) is 0 Å². The lowest BCUT2D eigenvalue weighted by atomic mass is 10.2. The Bertz CT molecular complexity index is 1090. The minimum atomic E-state index is -3.82. The molecule has 0 heterocycles. The number of carbonyl (C=O) groups excluding carboxylic acids is 2. The number of nitrogens with one attached hydrogen (secondary N) is 2. The van der Waals surface area contributed by atoms with Gasteiger partial charge in [0, 0.05) is 30.8 Å². The van der Waals surface area contributed by atoms with Crippen LogP contribution in [0.2, 0.25) is 5.02 Å². The average Bonchev–Trinajstić information content (AvgIpc) is 2.72. The van der Waals surface area contributed by atoms with Crippen molar-refractivity contribution >= 4 is 39.1 Å². The fourth-order valence-corrected chi connectivity index (χ4v) is 4.25. The summed E-state index contributed by atoms with van der Waals surface area (Å²) in [6.07, 6.45) is 0. The molecule has 0 fully saturated rings. The number of halogens is 1. The fourth-order valence-electron chi connectivity index (χ4n) is 2.57. The van der Waals surface area contributed by atoms with Crippen molar-refractivity contribution in [2.24, 2.45) is 0 Å². The number of nitro benzene ring substituents is 1. The Morgan fingerprint density at radius 2 is 1.70 bits per heavy atom. The van der Waals surface area contributed by atoms with Crippen LogP contribution in [0.4, 0.5) is 5.69 Å². The summed E-state index contributed by atoms with van der Waals surface area (Å²) in [5.74, 6) is -1.65. The van der Waals surface area contributed by atoms with Crippen LogP contribution in [-0.4, -0.2) is 42.6 Å². The Morgan fingerprint density at radius 1 is 1.07 bits per heavy atom. The maximum atomic E-state index is 12.6. The van der Waals surface area contributed by atoms with Crippen molar-refractivity contribution in [3.8, 4) is 0 Å². The number of non-ortho nitro benzene ring substituents is 1. The van der Waals surface area contributed by atoms with Gasteiger partial charge < -0.3 is 0 Å². The smallest absolute Gasteiger partial charge is 0.267 e. The van der Waals surface area contributed by atoms with Gasteiger partial charge in [-0.3, -0.25) is 30.6 Å². The molecule has 0 aliphatic rings. The molecule has 0 aliphatic heterocycles. The van der Waals surface area contributed by atoms with E-state index in [4.69, 9.17) is 11.6 Å². The second-order valence-corrected chi connectivity index (χ2v) is 8.29. The first-order valence-corrected chi connectivity index (χ1v) is 10.6. The highest BCUT2D eigenvalue weighted by Gasteiger charge is 2.24. The Hall–Kier alpha value is -3.02. The third-order valence-electron chi connectivity index (χ3n) is 4.13. The van der Waals surface area contributed by atoms with Crippen LogP contribution >= 0.6 is 11.6 Å². The van der Waals surface area contributed by atoms with E-state index >= 15 is 0 Å². The summed E-state index contributed by atoms with van der Waals surface area (Å²) in [6, 6.07) is 8.60. The maximum Gasteiger partial charge on any atom is 0.271 e. The first kappa shape index (κ1) is 23.3. The number of hydrazine groups is 1. The van der Waals surface area contributed by atoms with Gasteiger partial charge in [0.25, 0.3) is 17.5 Å². The average molecular weight is 455 g/mol. The number of carbonyl (C=O) groups is 2. The van der Waals surface area contributed by atoms with E-state index in [0.717, 1.165) is 12.1 Å². The number of sulfonamides is 1. The van der Waals surface area contributed by atoms with Crippen LogP contribution < -0.4 is 10.9 Å². The summed E-state index contributed by atoms with van der Waals surface area (Å²) in [7, 11) is -3.82. The highest BCUT2D eigenvalue weighted by molar-refractivity contribution is 7.89. The monoisotopic (exact) mass is 454 g/mol. The third-order valence-corrected chi connectivity index (χ3v) is 6.51. The van der Waals surface area contributed by atoms with Gasteiger partial charge in [-0.1, -0.05) is 31.5 Å². The number of benzene rings is 2. The van der Waals surface area contributed by atoms with E-state index in [9.17, 15) is 28.1 Å². The van der Waals surface area contributed by atoms with Crippen LogP contribution in [-0.2, 0) is 10.0 Å². The predicted molar refractivity (Wildman–Crippen MR) is 110 cm³/mol. The molecule has 30 heavy (non-hydrogen) atoms. The first-order valence-electron chi connectivity index (χ1n) is 8.76. The molecule has 0 spiro atoms.